The third kappa shape index (κ3) is 4.92. The summed E-state index contributed by atoms with van der Waals surface area (Å²) in [6.07, 6.45) is 10.2. The van der Waals surface area contributed by atoms with E-state index in [1.807, 2.05) is 6.07 Å². The lowest BCUT2D eigenvalue weighted by Gasteiger charge is -1.99. The third-order valence-electron chi connectivity index (χ3n) is 2.18. The van der Waals surface area contributed by atoms with E-state index in [9.17, 15) is 0 Å². The molecule has 0 amide bonds. The van der Waals surface area contributed by atoms with Crippen LogP contribution < -0.4 is 0 Å². The normalized spacial score (nSPS) is 10.4. The highest BCUT2D eigenvalue weighted by Gasteiger charge is 1.94. The van der Waals surface area contributed by atoms with Gasteiger partial charge in [-0.05, 0) is 18.9 Å². The van der Waals surface area contributed by atoms with Crippen LogP contribution in [0.25, 0.3) is 0 Å². The topological polar surface area (TPSA) is 46.0 Å². The zero-order valence-electron chi connectivity index (χ0n) is 8.52. The van der Waals surface area contributed by atoms with Crippen molar-refractivity contribution in [2.45, 2.75) is 38.5 Å². The van der Waals surface area contributed by atoms with Gasteiger partial charge in [0.1, 0.15) is 5.82 Å². The molecule has 0 saturated heterocycles. The SMILES string of the molecule is OCCCCCCCc1ncccn1. The molecule has 0 aliphatic rings. The summed E-state index contributed by atoms with van der Waals surface area (Å²) in [6.45, 7) is 0.321. The van der Waals surface area contributed by atoms with Gasteiger partial charge in [0, 0.05) is 25.4 Å². The fraction of sp³-hybridized carbons (Fsp3) is 0.636. The summed E-state index contributed by atoms with van der Waals surface area (Å²) in [5.41, 5.74) is 0. The quantitative estimate of drug-likeness (QED) is 0.675. The van der Waals surface area contributed by atoms with E-state index >= 15 is 0 Å². The van der Waals surface area contributed by atoms with E-state index < -0.39 is 0 Å². The lowest BCUT2D eigenvalue weighted by Crippen LogP contribution is -1.93. The first-order valence-corrected chi connectivity index (χ1v) is 5.30. The van der Waals surface area contributed by atoms with E-state index in [1.54, 1.807) is 12.4 Å². The molecule has 0 radical (unpaired) electrons. The van der Waals surface area contributed by atoms with E-state index in [4.69, 9.17) is 5.11 Å². The largest absolute Gasteiger partial charge is 0.396 e. The predicted octanol–water partition coefficient (Wildman–Crippen LogP) is 1.96. The van der Waals surface area contributed by atoms with Gasteiger partial charge < -0.3 is 5.11 Å². The molecule has 1 aromatic heterocycles. The van der Waals surface area contributed by atoms with Crippen LogP contribution in [0.5, 0.6) is 0 Å². The van der Waals surface area contributed by atoms with Crippen LogP contribution in [0.2, 0.25) is 0 Å². The molecule has 1 rings (SSSR count). The number of aromatic nitrogens is 2. The molecule has 0 aromatic carbocycles. The highest BCUT2D eigenvalue weighted by atomic mass is 16.2. The van der Waals surface area contributed by atoms with Crippen molar-refractivity contribution < 1.29 is 5.11 Å². The van der Waals surface area contributed by atoms with Crippen LogP contribution in [0.15, 0.2) is 18.5 Å². The summed E-state index contributed by atoms with van der Waals surface area (Å²) < 4.78 is 0. The van der Waals surface area contributed by atoms with Crippen molar-refractivity contribution in [2.24, 2.45) is 0 Å². The molecule has 0 saturated carbocycles. The Morgan fingerprint density at radius 1 is 0.929 bits per heavy atom. The molecule has 0 spiro atoms. The number of hydrogen-bond donors (Lipinski definition) is 1. The van der Waals surface area contributed by atoms with Crippen LogP contribution in [0, 0.1) is 0 Å². The Hall–Kier alpha value is -0.960. The Labute approximate surface area is 85.2 Å². The third-order valence-corrected chi connectivity index (χ3v) is 2.18. The molecule has 0 atom stereocenters. The minimum absolute atomic E-state index is 0.321. The highest BCUT2D eigenvalue weighted by molar-refractivity contribution is 4.88. The fourth-order valence-electron chi connectivity index (χ4n) is 1.38. The van der Waals surface area contributed by atoms with Crippen molar-refractivity contribution in [3.63, 3.8) is 0 Å². The van der Waals surface area contributed by atoms with Crippen molar-refractivity contribution in [3.05, 3.63) is 24.3 Å². The first-order valence-electron chi connectivity index (χ1n) is 5.30. The van der Waals surface area contributed by atoms with Gasteiger partial charge in [-0.1, -0.05) is 19.3 Å². The van der Waals surface area contributed by atoms with Gasteiger partial charge in [0.2, 0.25) is 0 Å². The van der Waals surface area contributed by atoms with Crippen molar-refractivity contribution >= 4 is 0 Å². The van der Waals surface area contributed by atoms with Crippen LogP contribution in [0.1, 0.15) is 37.9 Å². The molecule has 1 heterocycles. The number of unbranched alkanes of at least 4 members (excludes halogenated alkanes) is 4. The molecule has 0 fully saturated rings. The van der Waals surface area contributed by atoms with Crippen LogP contribution in [-0.4, -0.2) is 21.7 Å². The molecule has 0 bridgehead atoms. The number of hydrogen-bond acceptors (Lipinski definition) is 3. The zero-order valence-corrected chi connectivity index (χ0v) is 8.52. The number of aliphatic hydroxyl groups excluding tert-OH is 1. The van der Waals surface area contributed by atoms with E-state index in [2.05, 4.69) is 9.97 Å². The van der Waals surface area contributed by atoms with Gasteiger partial charge in [-0.3, -0.25) is 0 Å². The smallest absolute Gasteiger partial charge is 0.128 e. The van der Waals surface area contributed by atoms with Gasteiger partial charge in [-0.15, -0.1) is 0 Å². The molecule has 1 aromatic rings. The van der Waals surface area contributed by atoms with Crippen molar-refractivity contribution in [3.8, 4) is 0 Å². The van der Waals surface area contributed by atoms with Crippen LogP contribution in [0.3, 0.4) is 0 Å². The average molecular weight is 194 g/mol. The molecule has 0 aliphatic carbocycles. The Morgan fingerprint density at radius 2 is 1.57 bits per heavy atom. The second-order valence-electron chi connectivity index (χ2n) is 3.41. The maximum atomic E-state index is 8.58. The van der Waals surface area contributed by atoms with Gasteiger partial charge in [0.25, 0.3) is 0 Å². The summed E-state index contributed by atoms with van der Waals surface area (Å²) in [5.74, 6) is 0.939. The van der Waals surface area contributed by atoms with E-state index in [0.29, 0.717) is 6.61 Å². The second-order valence-corrected chi connectivity index (χ2v) is 3.41. The summed E-state index contributed by atoms with van der Waals surface area (Å²) in [6, 6.07) is 1.84. The van der Waals surface area contributed by atoms with E-state index in [0.717, 1.165) is 31.5 Å². The van der Waals surface area contributed by atoms with E-state index in [-0.39, 0.29) is 0 Å². The Bertz CT molecular complexity index is 226. The Balaban J connectivity index is 1.99. The minimum atomic E-state index is 0.321. The molecule has 0 aliphatic heterocycles. The Morgan fingerprint density at radius 3 is 2.29 bits per heavy atom. The molecule has 1 N–H and O–H groups in total. The van der Waals surface area contributed by atoms with Crippen molar-refractivity contribution in [1.82, 2.24) is 9.97 Å². The lowest BCUT2D eigenvalue weighted by atomic mass is 10.1. The van der Waals surface area contributed by atoms with Crippen molar-refractivity contribution in [1.29, 1.82) is 0 Å². The molecule has 3 heteroatoms. The number of aryl methyl sites for hydroxylation is 1. The van der Waals surface area contributed by atoms with E-state index in [1.165, 1.54) is 12.8 Å². The maximum absolute atomic E-state index is 8.58. The van der Waals surface area contributed by atoms with Gasteiger partial charge in [0.05, 0.1) is 0 Å². The molecule has 14 heavy (non-hydrogen) atoms. The minimum Gasteiger partial charge on any atom is -0.396 e. The molecule has 3 nitrogen and oxygen atoms in total. The molecular formula is C11H18N2O. The summed E-state index contributed by atoms with van der Waals surface area (Å²) >= 11 is 0. The lowest BCUT2D eigenvalue weighted by molar-refractivity contribution is 0.282. The zero-order chi connectivity index (χ0) is 10.1. The summed E-state index contributed by atoms with van der Waals surface area (Å²) in [4.78, 5) is 8.32. The monoisotopic (exact) mass is 194 g/mol. The first-order chi connectivity index (χ1) is 6.93. The van der Waals surface area contributed by atoms with Crippen LogP contribution in [0.4, 0.5) is 0 Å². The van der Waals surface area contributed by atoms with Crippen molar-refractivity contribution in [2.75, 3.05) is 6.61 Å². The Kier molecular flexibility index (Phi) is 5.91. The standard InChI is InChI=1S/C11H18N2O/c14-10-5-3-1-2-4-7-11-12-8-6-9-13-11/h6,8-9,14H,1-5,7,10H2. The highest BCUT2D eigenvalue weighted by Crippen LogP contribution is 2.05. The van der Waals surface area contributed by atoms with Crippen LogP contribution in [-0.2, 0) is 6.42 Å². The van der Waals surface area contributed by atoms with Gasteiger partial charge in [-0.2, -0.15) is 0 Å². The first kappa shape index (κ1) is 11.1. The molecule has 0 unspecified atom stereocenters. The van der Waals surface area contributed by atoms with Gasteiger partial charge in [0.15, 0.2) is 0 Å². The molecular weight excluding hydrogens is 176 g/mol. The fourth-order valence-corrected chi connectivity index (χ4v) is 1.38. The molecule has 78 valence electrons. The summed E-state index contributed by atoms with van der Waals surface area (Å²) in [5, 5.41) is 8.58. The van der Waals surface area contributed by atoms with Gasteiger partial charge in [-0.25, -0.2) is 9.97 Å². The average Bonchev–Trinajstić information content (AvgIpc) is 2.25. The van der Waals surface area contributed by atoms with Crippen LogP contribution >= 0.6 is 0 Å². The maximum Gasteiger partial charge on any atom is 0.128 e. The number of rotatable bonds is 7. The number of aliphatic hydroxyl groups is 1. The summed E-state index contributed by atoms with van der Waals surface area (Å²) in [7, 11) is 0. The van der Waals surface area contributed by atoms with Gasteiger partial charge >= 0.3 is 0 Å². The second kappa shape index (κ2) is 7.44. The number of nitrogens with zero attached hydrogens (tertiary/aromatic N) is 2. The predicted molar refractivity (Wildman–Crippen MR) is 55.9 cm³/mol.